The van der Waals surface area contributed by atoms with Gasteiger partial charge in [0.2, 0.25) is 0 Å². The highest BCUT2D eigenvalue weighted by Gasteiger charge is 1.92. The Morgan fingerprint density at radius 3 is 2.75 bits per heavy atom. The standard InChI is InChI=1S/C5H8N2S/c1-6-7-4-2-3-5-8-7/h2-6H,1H3. The van der Waals surface area contributed by atoms with Crippen molar-refractivity contribution >= 4 is 11.9 Å². The van der Waals surface area contributed by atoms with Gasteiger partial charge in [0.25, 0.3) is 0 Å². The molecule has 1 heterocycles. The summed E-state index contributed by atoms with van der Waals surface area (Å²) in [6.45, 7) is 0. The molecule has 0 unspecified atom stereocenters. The van der Waals surface area contributed by atoms with Gasteiger partial charge in [-0.1, -0.05) is 6.08 Å². The van der Waals surface area contributed by atoms with Gasteiger partial charge in [-0.3, -0.25) is 4.41 Å². The van der Waals surface area contributed by atoms with Crippen LogP contribution in [0.15, 0.2) is 23.8 Å². The molecule has 0 saturated heterocycles. The first-order valence-corrected chi connectivity index (χ1v) is 3.24. The minimum Gasteiger partial charge on any atom is -0.254 e. The topological polar surface area (TPSA) is 15.3 Å². The molecule has 0 aromatic rings. The van der Waals surface area contributed by atoms with Crippen LogP contribution < -0.4 is 5.43 Å². The second-order valence-electron chi connectivity index (χ2n) is 1.32. The van der Waals surface area contributed by atoms with Crippen LogP contribution in [0.25, 0.3) is 0 Å². The van der Waals surface area contributed by atoms with Crippen LogP contribution in [0.4, 0.5) is 0 Å². The maximum Gasteiger partial charge on any atom is 0.0289 e. The van der Waals surface area contributed by atoms with Crippen molar-refractivity contribution in [2.45, 2.75) is 0 Å². The van der Waals surface area contributed by atoms with Gasteiger partial charge >= 0.3 is 0 Å². The van der Waals surface area contributed by atoms with Crippen molar-refractivity contribution in [3.8, 4) is 0 Å². The van der Waals surface area contributed by atoms with Gasteiger partial charge in [-0.05, 0) is 23.4 Å². The van der Waals surface area contributed by atoms with Gasteiger partial charge in [-0.2, -0.15) is 0 Å². The van der Waals surface area contributed by atoms with Crippen molar-refractivity contribution in [3.05, 3.63) is 23.8 Å². The average Bonchev–Trinajstić information content (AvgIpc) is 1.90. The molecule has 0 aromatic carbocycles. The first kappa shape index (κ1) is 5.72. The lowest BCUT2D eigenvalue weighted by atomic mass is 10.6. The summed E-state index contributed by atoms with van der Waals surface area (Å²) in [4.78, 5) is 0. The van der Waals surface area contributed by atoms with E-state index in [9.17, 15) is 0 Å². The highest BCUT2D eigenvalue weighted by molar-refractivity contribution is 7.99. The molecular formula is C5H8N2S. The van der Waals surface area contributed by atoms with Gasteiger partial charge in [0.15, 0.2) is 0 Å². The van der Waals surface area contributed by atoms with Crippen molar-refractivity contribution < 1.29 is 0 Å². The number of rotatable bonds is 1. The zero-order valence-corrected chi connectivity index (χ0v) is 5.48. The van der Waals surface area contributed by atoms with E-state index in [-0.39, 0.29) is 0 Å². The van der Waals surface area contributed by atoms with Crippen LogP contribution in [0.2, 0.25) is 0 Å². The van der Waals surface area contributed by atoms with E-state index >= 15 is 0 Å². The van der Waals surface area contributed by atoms with Gasteiger partial charge < -0.3 is 0 Å². The van der Waals surface area contributed by atoms with Crippen LogP contribution in [0.5, 0.6) is 0 Å². The molecule has 1 N–H and O–H groups in total. The number of nitrogens with zero attached hydrogens (tertiary/aromatic N) is 1. The SMILES string of the molecule is CNN1C=CC=CS1. The van der Waals surface area contributed by atoms with E-state index in [2.05, 4.69) is 5.43 Å². The Kier molecular flexibility index (Phi) is 2.00. The van der Waals surface area contributed by atoms with E-state index in [0.717, 1.165) is 0 Å². The van der Waals surface area contributed by atoms with Crippen molar-refractivity contribution in [3.63, 3.8) is 0 Å². The van der Waals surface area contributed by atoms with Gasteiger partial charge in [0, 0.05) is 13.2 Å². The summed E-state index contributed by atoms with van der Waals surface area (Å²) in [7, 11) is 1.89. The van der Waals surface area contributed by atoms with Gasteiger partial charge in [0.1, 0.15) is 0 Å². The Morgan fingerprint density at radius 1 is 1.50 bits per heavy atom. The Morgan fingerprint density at radius 2 is 2.38 bits per heavy atom. The monoisotopic (exact) mass is 128 g/mol. The van der Waals surface area contributed by atoms with Crippen LogP contribution in [0, 0.1) is 0 Å². The summed E-state index contributed by atoms with van der Waals surface area (Å²) in [5.74, 6) is 0. The summed E-state index contributed by atoms with van der Waals surface area (Å²) in [6, 6.07) is 0. The van der Waals surface area contributed by atoms with E-state index in [4.69, 9.17) is 0 Å². The maximum absolute atomic E-state index is 2.96. The molecular weight excluding hydrogens is 120 g/mol. The van der Waals surface area contributed by atoms with Crippen molar-refractivity contribution in [2.75, 3.05) is 7.05 Å². The maximum atomic E-state index is 2.96. The summed E-state index contributed by atoms with van der Waals surface area (Å²) in [5.41, 5.74) is 2.96. The Balaban J connectivity index is 2.40. The third-order valence-electron chi connectivity index (χ3n) is 0.806. The van der Waals surface area contributed by atoms with E-state index in [1.165, 1.54) is 0 Å². The van der Waals surface area contributed by atoms with Crippen LogP contribution in [-0.4, -0.2) is 11.5 Å². The van der Waals surface area contributed by atoms with E-state index < -0.39 is 0 Å². The molecule has 8 heavy (non-hydrogen) atoms. The number of nitrogens with one attached hydrogen (secondary N) is 1. The van der Waals surface area contributed by atoms with Crippen LogP contribution in [-0.2, 0) is 0 Å². The Bertz CT molecular complexity index is 120. The first-order chi connectivity index (χ1) is 3.93. The van der Waals surface area contributed by atoms with Crippen molar-refractivity contribution in [1.29, 1.82) is 0 Å². The number of allylic oxidation sites excluding steroid dienone is 2. The summed E-state index contributed by atoms with van der Waals surface area (Å²) >= 11 is 1.62. The van der Waals surface area contributed by atoms with Gasteiger partial charge in [-0.15, -0.1) is 0 Å². The quantitative estimate of drug-likeness (QED) is 0.532. The summed E-state index contributed by atoms with van der Waals surface area (Å²) in [6.07, 6.45) is 5.94. The zero-order chi connectivity index (χ0) is 5.82. The second-order valence-corrected chi connectivity index (χ2v) is 2.20. The minimum atomic E-state index is 1.62. The van der Waals surface area contributed by atoms with Crippen LogP contribution in [0.1, 0.15) is 0 Å². The van der Waals surface area contributed by atoms with Gasteiger partial charge in [-0.25, -0.2) is 5.43 Å². The highest BCUT2D eigenvalue weighted by Crippen LogP contribution is 2.11. The lowest BCUT2D eigenvalue weighted by Gasteiger charge is -2.15. The molecule has 0 fully saturated rings. The third-order valence-corrected chi connectivity index (χ3v) is 1.62. The smallest absolute Gasteiger partial charge is 0.0289 e. The Hall–Kier alpha value is -0.410. The van der Waals surface area contributed by atoms with Gasteiger partial charge in [0.05, 0.1) is 0 Å². The fourth-order valence-corrected chi connectivity index (χ4v) is 0.974. The normalized spacial score (nSPS) is 17.4. The molecule has 0 saturated carbocycles. The van der Waals surface area contributed by atoms with E-state index in [1.54, 1.807) is 11.9 Å². The van der Waals surface area contributed by atoms with Crippen LogP contribution in [0.3, 0.4) is 0 Å². The lowest BCUT2D eigenvalue weighted by molar-refractivity contribution is 0.511. The third kappa shape index (κ3) is 1.28. The molecule has 1 rings (SSSR count). The molecule has 2 nitrogen and oxygen atoms in total. The predicted molar refractivity (Wildman–Crippen MR) is 36.8 cm³/mol. The molecule has 0 radical (unpaired) electrons. The minimum absolute atomic E-state index is 1.62. The number of hydrazine groups is 1. The lowest BCUT2D eigenvalue weighted by Crippen LogP contribution is -2.22. The molecule has 0 amide bonds. The largest absolute Gasteiger partial charge is 0.254 e. The molecule has 0 aliphatic carbocycles. The molecule has 0 atom stereocenters. The molecule has 0 bridgehead atoms. The number of hydrogen-bond donors (Lipinski definition) is 1. The zero-order valence-electron chi connectivity index (χ0n) is 4.66. The second kappa shape index (κ2) is 2.79. The van der Waals surface area contributed by atoms with Crippen molar-refractivity contribution in [2.24, 2.45) is 0 Å². The summed E-state index contributed by atoms with van der Waals surface area (Å²) in [5, 5.41) is 2.01. The molecule has 1 aliphatic heterocycles. The van der Waals surface area contributed by atoms with E-state index in [0.29, 0.717) is 0 Å². The van der Waals surface area contributed by atoms with Crippen molar-refractivity contribution in [1.82, 2.24) is 9.84 Å². The van der Waals surface area contributed by atoms with E-state index in [1.807, 2.05) is 35.2 Å². The average molecular weight is 128 g/mol. The molecule has 3 heteroatoms. The molecule has 1 aliphatic rings. The fourth-order valence-electron chi connectivity index (χ4n) is 0.436. The predicted octanol–water partition coefficient (Wildman–Crippen LogP) is 1.11. The number of hydrogen-bond acceptors (Lipinski definition) is 3. The molecule has 0 aromatic heterocycles. The molecule has 0 spiro atoms. The molecule has 44 valence electrons. The van der Waals surface area contributed by atoms with Crippen LogP contribution >= 0.6 is 11.9 Å². The first-order valence-electron chi connectivity index (χ1n) is 2.40. The highest BCUT2D eigenvalue weighted by atomic mass is 32.2. The summed E-state index contributed by atoms with van der Waals surface area (Å²) < 4.78 is 1.92. The Labute approximate surface area is 53.4 Å². The fraction of sp³-hybridized carbons (Fsp3) is 0.200.